The van der Waals surface area contributed by atoms with Crippen LogP contribution in [0, 0.1) is 0 Å². The van der Waals surface area contributed by atoms with Gasteiger partial charge in [-0.3, -0.25) is 4.79 Å². The Hall–Kier alpha value is -1.51. The second kappa shape index (κ2) is 6.08. The lowest BCUT2D eigenvalue weighted by Gasteiger charge is -2.07. The molecular formula is C13H17N3O3S2. The zero-order chi connectivity index (χ0) is 15.6. The van der Waals surface area contributed by atoms with E-state index in [4.69, 9.17) is 0 Å². The summed E-state index contributed by atoms with van der Waals surface area (Å²) in [6.07, 6.45) is 0. The Labute approximate surface area is 127 Å². The molecule has 0 amide bonds. The van der Waals surface area contributed by atoms with Gasteiger partial charge in [-0.1, -0.05) is 0 Å². The molecule has 21 heavy (non-hydrogen) atoms. The molecule has 2 rings (SSSR count). The maximum atomic E-state index is 12.1. The lowest BCUT2D eigenvalue weighted by Crippen LogP contribution is -2.29. The van der Waals surface area contributed by atoms with Crippen LogP contribution >= 0.6 is 11.3 Å². The largest absolute Gasteiger partial charge is 0.268 e. The zero-order valence-corrected chi connectivity index (χ0v) is 13.7. The maximum absolute atomic E-state index is 12.1. The Morgan fingerprint density at radius 1 is 1.38 bits per heavy atom. The summed E-state index contributed by atoms with van der Waals surface area (Å²) in [6.45, 7) is 5.83. The van der Waals surface area contributed by atoms with Gasteiger partial charge in [0.05, 0.1) is 5.69 Å². The van der Waals surface area contributed by atoms with E-state index in [0.717, 1.165) is 11.3 Å². The quantitative estimate of drug-likeness (QED) is 0.906. The van der Waals surface area contributed by atoms with Crippen molar-refractivity contribution in [3.05, 3.63) is 33.9 Å². The first kappa shape index (κ1) is 15.9. The summed E-state index contributed by atoms with van der Waals surface area (Å²) in [5.41, 5.74) is 1.09. The van der Waals surface area contributed by atoms with Crippen LogP contribution in [-0.2, 0) is 16.6 Å². The van der Waals surface area contributed by atoms with Crippen molar-refractivity contribution < 1.29 is 8.42 Å². The fourth-order valence-electron chi connectivity index (χ4n) is 1.79. The van der Waals surface area contributed by atoms with Gasteiger partial charge >= 0.3 is 0 Å². The van der Waals surface area contributed by atoms with Crippen LogP contribution in [0.5, 0.6) is 0 Å². The molecule has 114 valence electrons. The van der Waals surface area contributed by atoms with Gasteiger partial charge in [-0.2, -0.15) is 5.10 Å². The van der Waals surface area contributed by atoms with Crippen LogP contribution in [0.15, 0.2) is 32.6 Å². The molecule has 0 radical (unpaired) electrons. The topological polar surface area (TPSA) is 81.1 Å². The lowest BCUT2D eigenvalue weighted by atomic mass is 10.2. The van der Waals surface area contributed by atoms with Gasteiger partial charge in [0.2, 0.25) is 10.0 Å². The molecule has 2 aromatic rings. The Bertz CT molecular complexity index is 791. The molecule has 6 nitrogen and oxygen atoms in total. The fourth-order valence-corrected chi connectivity index (χ4v) is 4.23. The highest BCUT2D eigenvalue weighted by atomic mass is 32.2. The third kappa shape index (κ3) is 3.58. The van der Waals surface area contributed by atoms with Gasteiger partial charge in [-0.25, -0.2) is 17.8 Å². The van der Waals surface area contributed by atoms with E-state index in [1.165, 1.54) is 10.7 Å². The molecule has 0 unspecified atom stereocenters. The van der Waals surface area contributed by atoms with Crippen LogP contribution in [0.3, 0.4) is 0 Å². The van der Waals surface area contributed by atoms with Crippen LogP contribution < -0.4 is 10.3 Å². The monoisotopic (exact) mass is 327 g/mol. The van der Waals surface area contributed by atoms with Gasteiger partial charge in [0, 0.05) is 29.6 Å². The number of hydrogen-bond donors (Lipinski definition) is 1. The number of hydrogen-bond acceptors (Lipinski definition) is 5. The van der Waals surface area contributed by atoms with E-state index in [0.29, 0.717) is 17.8 Å². The van der Waals surface area contributed by atoms with Crippen LogP contribution in [-0.4, -0.2) is 24.2 Å². The van der Waals surface area contributed by atoms with E-state index in [1.807, 2.05) is 6.92 Å². The van der Waals surface area contributed by atoms with E-state index in [-0.39, 0.29) is 15.8 Å². The number of rotatable bonds is 5. The van der Waals surface area contributed by atoms with Gasteiger partial charge in [-0.05, 0) is 32.9 Å². The number of nitrogens with one attached hydrogen (secondary N) is 1. The van der Waals surface area contributed by atoms with Gasteiger partial charge in [0.1, 0.15) is 4.21 Å². The van der Waals surface area contributed by atoms with E-state index in [1.54, 1.807) is 31.4 Å². The van der Waals surface area contributed by atoms with E-state index < -0.39 is 10.0 Å². The maximum Gasteiger partial charge on any atom is 0.266 e. The second-order valence-electron chi connectivity index (χ2n) is 4.80. The van der Waals surface area contributed by atoms with Crippen LogP contribution in [0.2, 0.25) is 0 Å². The van der Waals surface area contributed by atoms with Crippen LogP contribution in [0.1, 0.15) is 20.8 Å². The summed E-state index contributed by atoms with van der Waals surface area (Å²) in [4.78, 5) is 11.5. The number of nitrogens with zero attached hydrogens (tertiary/aromatic N) is 2. The number of aromatic nitrogens is 2. The lowest BCUT2D eigenvalue weighted by molar-refractivity contribution is 0.572. The smallest absolute Gasteiger partial charge is 0.266 e. The number of thiophene rings is 1. The molecule has 0 aromatic carbocycles. The molecular weight excluding hydrogens is 310 g/mol. The molecule has 2 heterocycles. The fraction of sp³-hybridized carbons (Fsp3) is 0.385. The standard InChI is InChI=1S/C13H17N3O3S2/c1-4-16-12(17)6-5-11(14-16)10-7-13(20-8-10)21(18,19)15-9(2)3/h5-9,15H,4H2,1-3H3. The van der Waals surface area contributed by atoms with Crippen molar-refractivity contribution >= 4 is 21.4 Å². The average molecular weight is 327 g/mol. The minimum atomic E-state index is -3.50. The third-order valence-electron chi connectivity index (χ3n) is 2.69. The van der Waals surface area contributed by atoms with Crippen LogP contribution in [0.4, 0.5) is 0 Å². The Morgan fingerprint density at radius 2 is 2.10 bits per heavy atom. The van der Waals surface area contributed by atoms with E-state index in [9.17, 15) is 13.2 Å². The molecule has 1 N–H and O–H groups in total. The molecule has 0 aliphatic carbocycles. The van der Waals surface area contributed by atoms with Gasteiger partial charge in [0.25, 0.3) is 5.56 Å². The Kier molecular flexibility index (Phi) is 4.60. The predicted molar refractivity (Wildman–Crippen MR) is 82.9 cm³/mol. The Morgan fingerprint density at radius 3 is 2.71 bits per heavy atom. The highest BCUT2D eigenvalue weighted by Crippen LogP contribution is 2.26. The van der Waals surface area contributed by atoms with Crippen molar-refractivity contribution in [2.24, 2.45) is 0 Å². The average Bonchev–Trinajstić information content (AvgIpc) is 2.88. The van der Waals surface area contributed by atoms with Crippen molar-refractivity contribution in [3.63, 3.8) is 0 Å². The highest BCUT2D eigenvalue weighted by molar-refractivity contribution is 7.91. The molecule has 2 aromatic heterocycles. The zero-order valence-electron chi connectivity index (χ0n) is 12.0. The number of aryl methyl sites for hydroxylation is 1. The molecule has 0 aliphatic heterocycles. The SMILES string of the molecule is CCn1nc(-c2csc(S(=O)(=O)NC(C)C)c2)ccc1=O. The molecule has 8 heteroatoms. The summed E-state index contributed by atoms with van der Waals surface area (Å²) in [7, 11) is -3.50. The summed E-state index contributed by atoms with van der Waals surface area (Å²) in [6, 6.07) is 4.44. The molecule has 0 bridgehead atoms. The van der Waals surface area contributed by atoms with Gasteiger partial charge in [-0.15, -0.1) is 11.3 Å². The predicted octanol–water partition coefficient (Wildman–Crippen LogP) is 1.68. The molecule has 0 saturated carbocycles. The van der Waals surface area contributed by atoms with Gasteiger partial charge in [0.15, 0.2) is 0 Å². The minimum Gasteiger partial charge on any atom is -0.268 e. The summed E-state index contributed by atoms with van der Waals surface area (Å²) in [5.74, 6) is 0. The molecule has 0 atom stereocenters. The summed E-state index contributed by atoms with van der Waals surface area (Å²) < 4.78 is 28.3. The van der Waals surface area contributed by atoms with Crippen molar-refractivity contribution in [2.75, 3.05) is 0 Å². The molecule has 0 fully saturated rings. The van der Waals surface area contributed by atoms with Crippen molar-refractivity contribution in [2.45, 2.75) is 37.6 Å². The number of sulfonamides is 1. The van der Waals surface area contributed by atoms with Crippen molar-refractivity contribution in [3.8, 4) is 11.3 Å². The van der Waals surface area contributed by atoms with Gasteiger partial charge < -0.3 is 0 Å². The van der Waals surface area contributed by atoms with E-state index >= 15 is 0 Å². The summed E-state index contributed by atoms with van der Waals surface area (Å²) >= 11 is 1.13. The normalized spacial score (nSPS) is 12.0. The first-order chi connectivity index (χ1) is 9.83. The Balaban J connectivity index is 2.38. The minimum absolute atomic E-state index is 0.166. The van der Waals surface area contributed by atoms with E-state index in [2.05, 4.69) is 9.82 Å². The second-order valence-corrected chi connectivity index (χ2v) is 7.66. The molecule has 0 aliphatic rings. The van der Waals surface area contributed by atoms with Crippen molar-refractivity contribution in [1.29, 1.82) is 0 Å². The van der Waals surface area contributed by atoms with Crippen LogP contribution in [0.25, 0.3) is 11.3 Å². The van der Waals surface area contributed by atoms with Crippen molar-refractivity contribution in [1.82, 2.24) is 14.5 Å². The highest BCUT2D eigenvalue weighted by Gasteiger charge is 2.18. The molecule has 0 saturated heterocycles. The summed E-state index contributed by atoms with van der Waals surface area (Å²) in [5, 5.41) is 5.94. The first-order valence-electron chi connectivity index (χ1n) is 6.53. The molecule has 0 spiro atoms. The first-order valence-corrected chi connectivity index (χ1v) is 8.89. The third-order valence-corrected chi connectivity index (χ3v) is 5.79.